The van der Waals surface area contributed by atoms with Crippen LogP contribution in [0, 0.1) is 5.39 Å². The summed E-state index contributed by atoms with van der Waals surface area (Å²) in [6, 6.07) is 0. The summed E-state index contributed by atoms with van der Waals surface area (Å²) in [4.78, 5) is 26.1. The fraction of sp³-hybridized carbons (Fsp3) is 0. The van der Waals surface area contributed by atoms with Gasteiger partial charge in [0.15, 0.2) is 5.52 Å². The van der Waals surface area contributed by atoms with Crippen molar-refractivity contribution in [2.24, 2.45) is 0 Å². The molecule has 2 N–H and O–H groups in total. The Morgan fingerprint density at radius 1 is 1.58 bits per heavy atom. The van der Waals surface area contributed by atoms with Crippen LogP contribution in [-0.2, 0) is 0 Å². The van der Waals surface area contributed by atoms with E-state index in [1.54, 1.807) is 0 Å². The van der Waals surface area contributed by atoms with Crippen LogP contribution >= 0.6 is 0 Å². The summed E-state index contributed by atoms with van der Waals surface area (Å²) in [5.74, 6) is -0.153. The molecule has 2 aromatic heterocycles. The van der Waals surface area contributed by atoms with Crippen molar-refractivity contribution in [3.8, 4) is 0 Å². The first-order chi connectivity index (χ1) is 5.81. The molecule has 12 heavy (non-hydrogen) atoms. The smallest absolute Gasteiger partial charge is 0.336 e. The highest BCUT2D eigenvalue weighted by Crippen LogP contribution is 2.04. The van der Waals surface area contributed by atoms with Crippen LogP contribution in [0.15, 0.2) is 11.1 Å². The standard InChI is InChI=1S/C5H2N6O/c6-11-5-9-3-2(4(12)10-5)7-1-8-3/h1,6H/p+1. The largest absolute Gasteiger partial charge is 0.530 e. The highest BCUT2D eigenvalue weighted by molar-refractivity contribution is 5.69. The average Bonchev–Trinajstić information content (AvgIpc) is 2.52. The monoisotopic (exact) mass is 163 g/mol. The third-order valence-electron chi connectivity index (χ3n) is 1.38. The number of rotatable bonds is 0. The molecule has 0 spiro atoms. The van der Waals surface area contributed by atoms with E-state index in [0.29, 0.717) is 0 Å². The van der Waals surface area contributed by atoms with Crippen molar-refractivity contribution in [3.63, 3.8) is 0 Å². The van der Waals surface area contributed by atoms with Gasteiger partial charge in [-0.05, 0) is 9.96 Å². The molecule has 0 aliphatic rings. The molecular formula is C5H3N6O+. The molecule has 0 atom stereocenters. The van der Waals surface area contributed by atoms with E-state index in [0.717, 1.165) is 0 Å². The van der Waals surface area contributed by atoms with Crippen LogP contribution in [0.5, 0.6) is 0 Å². The third kappa shape index (κ3) is 0.751. The molecule has 7 heteroatoms. The molecule has 0 aliphatic heterocycles. The molecular weight excluding hydrogens is 160 g/mol. The molecule has 0 bridgehead atoms. The number of aromatic amines is 2. The number of nitrogens with one attached hydrogen (secondary N) is 2. The van der Waals surface area contributed by atoms with Gasteiger partial charge in [-0.1, -0.05) is 0 Å². The molecule has 0 amide bonds. The average molecular weight is 163 g/mol. The lowest BCUT2D eigenvalue weighted by molar-refractivity contribution is 1.17. The maximum Gasteiger partial charge on any atom is 0.530 e. The summed E-state index contributed by atoms with van der Waals surface area (Å²) in [5.41, 5.74) is 0.0826. The molecule has 7 nitrogen and oxygen atoms in total. The van der Waals surface area contributed by atoms with Crippen molar-refractivity contribution in [1.29, 1.82) is 5.39 Å². The number of fused-ring (bicyclic) bond motifs is 1. The summed E-state index contributed by atoms with van der Waals surface area (Å²) in [6.45, 7) is 0. The van der Waals surface area contributed by atoms with Gasteiger partial charge in [0.25, 0.3) is 5.65 Å². The van der Waals surface area contributed by atoms with E-state index in [2.05, 4.69) is 24.9 Å². The van der Waals surface area contributed by atoms with E-state index >= 15 is 0 Å². The zero-order valence-electron chi connectivity index (χ0n) is 5.77. The van der Waals surface area contributed by atoms with E-state index < -0.39 is 5.56 Å². The Labute approximate surface area is 65.1 Å². The zero-order valence-corrected chi connectivity index (χ0v) is 5.77. The number of diazo groups is 1. The second-order valence-corrected chi connectivity index (χ2v) is 2.09. The minimum Gasteiger partial charge on any atom is -0.336 e. The van der Waals surface area contributed by atoms with Gasteiger partial charge in [0.1, 0.15) is 0 Å². The maximum atomic E-state index is 11.1. The van der Waals surface area contributed by atoms with Crippen LogP contribution in [-0.4, -0.2) is 19.9 Å². The minimum atomic E-state index is -0.412. The molecule has 0 saturated heterocycles. The fourth-order valence-electron chi connectivity index (χ4n) is 0.879. The Bertz CT molecular complexity index is 516. The first-order valence-electron chi connectivity index (χ1n) is 3.10. The van der Waals surface area contributed by atoms with Crippen LogP contribution in [0.1, 0.15) is 0 Å². The van der Waals surface area contributed by atoms with Gasteiger partial charge < -0.3 is 4.98 Å². The van der Waals surface area contributed by atoms with Crippen molar-refractivity contribution < 1.29 is 0 Å². The number of hydrogen-bond donors (Lipinski definition) is 2. The molecule has 2 aromatic rings. The first kappa shape index (κ1) is 6.48. The van der Waals surface area contributed by atoms with E-state index in [4.69, 9.17) is 5.39 Å². The quantitative estimate of drug-likeness (QED) is 0.538. The van der Waals surface area contributed by atoms with Crippen molar-refractivity contribution in [2.45, 2.75) is 0 Å². The van der Waals surface area contributed by atoms with E-state index in [-0.39, 0.29) is 17.1 Å². The molecule has 0 aromatic carbocycles. The molecule has 0 unspecified atom stereocenters. The molecule has 0 aliphatic carbocycles. The zero-order chi connectivity index (χ0) is 8.55. The summed E-state index contributed by atoms with van der Waals surface area (Å²) >= 11 is 0. The number of nitrogens with zero attached hydrogens (tertiary/aromatic N) is 4. The number of H-pyrrole nitrogens is 2. The SMILES string of the molecule is N#[N+]c1nc2nc[nH]c2c(=O)[nH]1. The van der Waals surface area contributed by atoms with Gasteiger partial charge in [0.05, 0.1) is 11.7 Å². The predicted molar refractivity (Wildman–Crippen MR) is 39.3 cm³/mol. The van der Waals surface area contributed by atoms with Gasteiger partial charge in [-0.2, -0.15) is 4.98 Å². The van der Waals surface area contributed by atoms with Gasteiger partial charge in [0.2, 0.25) is 0 Å². The first-order valence-corrected chi connectivity index (χ1v) is 3.10. The summed E-state index contributed by atoms with van der Waals surface area (Å²) in [7, 11) is 0. The second-order valence-electron chi connectivity index (χ2n) is 2.09. The second kappa shape index (κ2) is 2.13. The Balaban J connectivity index is 2.96. The van der Waals surface area contributed by atoms with Crippen molar-refractivity contribution in [1.82, 2.24) is 19.9 Å². The van der Waals surface area contributed by atoms with Gasteiger partial charge >= 0.3 is 11.5 Å². The topological polar surface area (TPSA) is 103 Å². The van der Waals surface area contributed by atoms with Crippen LogP contribution in [0.3, 0.4) is 0 Å². The van der Waals surface area contributed by atoms with Crippen molar-refractivity contribution in [2.75, 3.05) is 0 Å². The molecule has 58 valence electrons. The van der Waals surface area contributed by atoms with Gasteiger partial charge in [-0.25, -0.2) is 9.78 Å². The van der Waals surface area contributed by atoms with Gasteiger partial charge in [-0.3, -0.25) is 0 Å². The number of imidazole rings is 1. The summed E-state index contributed by atoms with van der Waals surface area (Å²) in [6.07, 6.45) is 1.34. The third-order valence-corrected chi connectivity index (χ3v) is 1.38. The lowest BCUT2D eigenvalue weighted by Gasteiger charge is -1.76. The van der Waals surface area contributed by atoms with Crippen LogP contribution in [0.25, 0.3) is 16.1 Å². The maximum absolute atomic E-state index is 11.1. The highest BCUT2D eigenvalue weighted by Gasteiger charge is 2.13. The van der Waals surface area contributed by atoms with Gasteiger partial charge in [0, 0.05) is 0 Å². The lowest BCUT2D eigenvalue weighted by atomic mass is 10.5. The number of aromatic nitrogens is 4. The predicted octanol–water partition coefficient (Wildman–Crippen LogP) is 0.131. The van der Waals surface area contributed by atoms with E-state index in [1.165, 1.54) is 6.33 Å². The van der Waals surface area contributed by atoms with Crippen LogP contribution in [0.2, 0.25) is 0 Å². The summed E-state index contributed by atoms with van der Waals surface area (Å²) in [5, 5.41) is 8.31. The minimum absolute atomic E-state index is 0.153. The fourth-order valence-corrected chi connectivity index (χ4v) is 0.879. The Morgan fingerprint density at radius 3 is 3.17 bits per heavy atom. The Kier molecular flexibility index (Phi) is 1.15. The van der Waals surface area contributed by atoms with Crippen molar-refractivity contribution in [3.05, 3.63) is 21.7 Å². The van der Waals surface area contributed by atoms with E-state index in [1.807, 2.05) is 0 Å². The highest BCUT2D eigenvalue weighted by atomic mass is 16.1. The van der Waals surface area contributed by atoms with Crippen molar-refractivity contribution >= 4 is 17.1 Å². The van der Waals surface area contributed by atoms with Crippen LogP contribution < -0.4 is 5.56 Å². The molecule has 0 fully saturated rings. The van der Waals surface area contributed by atoms with Crippen LogP contribution in [0.4, 0.5) is 5.95 Å². The number of hydrogen-bond acceptors (Lipinski definition) is 4. The van der Waals surface area contributed by atoms with Gasteiger partial charge in [-0.15, -0.1) is 0 Å². The summed E-state index contributed by atoms with van der Waals surface area (Å²) < 4.78 is 0. The normalized spacial score (nSPS) is 9.92. The molecule has 2 rings (SSSR count). The van der Waals surface area contributed by atoms with E-state index in [9.17, 15) is 4.79 Å². The Morgan fingerprint density at radius 2 is 2.42 bits per heavy atom. The Hall–Kier alpha value is -2.23. The molecule has 0 radical (unpaired) electrons. The molecule has 0 saturated carbocycles. The molecule has 2 heterocycles. The lowest BCUT2D eigenvalue weighted by Crippen LogP contribution is -2.06.